The van der Waals surface area contributed by atoms with E-state index in [0.29, 0.717) is 17.5 Å². The summed E-state index contributed by atoms with van der Waals surface area (Å²) in [6, 6.07) is 4.46. The van der Waals surface area contributed by atoms with Gasteiger partial charge in [-0.1, -0.05) is 11.6 Å². The monoisotopic (exact) mass is 257 g/mol. The highest BCUT2D eigenvalue weighted by Gasteiger charge is 2.13. The zero-order chi connectivity index (χ0) is 12.1. The Bertz CT molecular complexity index is 366. The van der Waals surface area contributed by atoms with E-state index in [1.807, 2.05) is 0 Å². The van der Waals surface area contributed by atoms with Crippen LogP contribution in [-0.2, 0) is 11.3 Å². The van der Waals surface area contributed by atoms with Crippen molar-refractivity contribution in [1.29, 1.82) is 0 Å². The van der Waals surface area contributed by atoms with Crippen molar-refractivity contribution >= 4 is 11.6 Å². The smallest absolute Gasteiger partial charge is 0.123 e. The first-order valence-corrected chi connectivity index (χ1v) is 6.36. The maximum Gasteiger partial charge on any atom is 0.123 e. The topological polar surface area (TPSA) is 21.3 Å². The second kappa shape index (κ2) is 6.34. The highest BCUT2D eigenvalue weighted by molar-refractivity contribution is 6.31. The van der Waals surface area contributed by atoms with E-state index in [1.165, 1.54) is 12.1 Å². The molecule has 0 atom stereocenters. The molecule has 2 nitrogen and oxygen atoms in total. The first-order chi connectivity index (χ1) is 8.25. The van der Waals surface area contributed by atoms with Crippen LogP contribution in [0.5, 0.6) is 0 Å². The number of ether oxygens (including phenoxy) is 1. The molecule has 1 aliphatic heterocycles. The van der Waals surface area contributed by atoms with Crippen LogP contribution in [0, 0.1) is 11.7 Å². The van der Waals surface area contributed by atoms with E-state index in [-0.39, 0.29) is 5.82 Å². The van der Waals surface area contributed by atoms with Crippen molar-refractivity contribution in [2.45, 2.75) is 19.4 Å². The van der Waals surface area contributed by atoms with Crippen LogP contribution in [0.1, 0.15) is 18.4 Å². The Labute approximate surface area is 106 Å². The second-order valence-corrected chi connectivity index (χ2v) is 4.83. The van der Waals surface area contributed by atoms with Crippen molar-refractivity contribution in [3.63, 3.8) is 0 Å². The van der Waals surface area contributed by atoms with Crippen LogP contribution < -0.4 is 5.32 Å². The van der Waals surface area contributed by atoms with Gasteiger partial charge in [0.15, 0.2) is 0 Å². The molecule has 17 heavy (non-hydrogen) atoms. The summed E-state index contributed by atoms with van der Waals surface area (Å²) in [4.78, 5) is 0. The fourth-order valence-corrected chi connectivity index (χ4v) is 2.22. The largest absolute Gasteiger partial charge is 0.381 e. The molecular weight excluding hydrogens is 241 g/mol. The first kappa shape index (κ1) is 12.8. The lowest BCUT2D eigenvalue weighted by Gasteiger charge is -2.22. The normalized spacial score (nSPS) is 17.3. The molecule has 0 bridgehead atoms. The Morgan fingerprint density at radius 1 is 1.35 bits per heavy atom. The highest BCUT2D eigenvalue weighted by Crippen LogP contribution is 2.17. The Morgan fingerprint density at radius 2 is 2.12 bits per heavy atom. The molecule has 0 radical (unpaired) electrons. The van der Waals surface area contributed by atoms with Crippen molar-refractivity contribution in [3.8, 4) is 0 Å². The van der Waals surface area contributed by atoms with Gasteiger partial charge in [0, 0.05) is 24.8 Å². The lowest BCUT2D eigenvalue weighted by molar-refractivity contribution is 0.0662. The van der Waals surface area contributed by atoms with Crippen LogP contribution in [0.15, 0.2) is 18.2 Å². The summed E-state index contributed by atoms with van der Waals surface area (Å²) in [5.41, 5.74) is 0.818. The van der Waals surface area contributed by atoms with Crippen molar-refractivity contribution in [2.75, 3.05) is 19.8 Å². The van der Waals surface area contributed by atoms with E-state index in [4.69, 9.17) is 16.3 Å². The fourth-order valence-electron chi connectivity index (χ4n) is 2.04. The number of rotatable bonds is 4. The molecule has 1 aromatic carbocycles. The van der Waals surface area contributed by atoms with Gasteiger partial charge in [-0.3, -0.25) is 0 Å². The van der Waals surface area contributed by atoms with Crippen molar-refractivity contribution in [2.24, 2.45) is 5.92 Å². The summed E-state index contributed by atoms with van der Waals surface area (Å²) in [5, 5.41) is 3.95. The van der Waals surface area contributed by atoms with E-state index in [0.717, 1.165) is 38.2 Å². The average molecular weight is 258 g/mol. The molecule has 1 heterocycles. The minimum atomic E-state index is -0.239. The number of benzene rings is 1. The van der Waals surface area contributed by atoms with Crippen molar-refractivity contribution < 1.29 is 9.13 Å². The van der Waals surface area contributed by atoms with Crippen molar-refractivity contribution in [3.05, 3.63) is 34.6 Å². The van der Waals surface area contributed by atoms with Crippen LogP contribution in [0.25, 0.3) is 0 Å². The Kier molecular flexibility index (Phi) is 4.77. The molecule has 0 spiro atoms. The number of hydrogen-bond acceptors (Lipinski definition) is 2. The Balaban J connectivity index is 1.79. The minimum Gasteiger partial charge on any atom is -0.381 e. The third-order valence-electron chi connectivity index (χ3n) is 3.10. The number of nitrogens with one attached hydrogen (secondary N) is 1. The quantitative estimate of drug-likeness (QED) is 0.895. The average Bonchev–Trinajstić information content (AvgIpc) is 2.35. The first-order valence-electron chi connectivity index (χ1n) is 5.98. The molecule has 0 saturated carbocycles. The molecule has 1 N–H and O–H groups in total. The lowest BCUT2D eigenvalue weighted by atomic mass is 10.0. The molecule has 4 heteroatoms. The summed E-state index contributed by atoms with van der Waals surface area (Å²) >= 11 is 5.99. The molecular formula is C13H17ClFNO. The van der Waals surface area contributed by atoms with E-state index in [2.05, 4.69) is 5.32 Å². The molecule has 0 aliphatic carbocycles. The molecule has 94 valence electrons. The van der Waals surface area contributed by atoms with Crippen molar-refractivity contribution in [1.82, 2.24) is 5.32 Å². The lowest BCUT2D eigenvalue weighted by Crippen LogP contribution is -2.27. The summed E-state index contributed by atoms with van der Waals surface area (Å²) in [5.74, 6) is 0.424. The molecule has 1 aliphatic rings. The third kappa shape index (κ3) is 3.95. The zero-order valence-corrected chi connectivity index (χ0v) is 10.5. The minimum absolute atomic E-state index is 0.239. The van der Waals surface area contributed by atoms with Gasteiger partial charge in [-0.05, 0) is 49.1 Å². The molecule has 0 amide bonds. The molecule has 2 rings (SSSR count). The standard InChI is InChI=1S/C13H17ClFNO/c14-13-2-1-12(15)7-11(13)9-16-8-10-3-5-17-6-4-10/h1-2,7,10,16H,3-6,8-9H2. The summed E-state index contributed by atoms with van der Waals surface area (Å²) in [6.45, 7) is 3.27. The van der Waals surface area contributed by atoms with Gasteiger partial charge in [-0.25, -0.2) is 4.39 Å². The summed E-state index contributed by atoms with van der Waals surface area (Å²) < 4.78 is 18.3. The second-order valence-electron chi connectivity index (χ2n) is 4.42. The van der Waals surface area contributed by atoms with Crippen LogP contribution in [-0.4, -0.2) is 19.8 Å². The number of halogens is 2. The van der Waals surface area contributed by atoms with Gasteiger partial charge in [-0.15, -0.1) is 0 Å². The molecule has 1 aromatic rings. The van der Waals surface area contributed by atoms with Gasteiger partial charge >= 0.3 is 0 Å². The maximum atomic E-state index is 13.0. The molecule has 0 unspecified atom stereocenters. The number of hydrogen-bond donors (Lipinski definition) is 1. The van der Waals surface area contributed by atoms with Gasteiger partial charge in [0.25, 0.3) is 0 Å². The Hall–Kier alpha value is -0.640. The highest BCUT2D eigenvalue weighted by atomic mass is 35.5. The SMILES string of the molecule is Fc1ccc(Cl)c(CNCC2CCOCC2)c1. The predicted octanol–water partition coefficient (Wildman–Crippen LogP) is 3.00. The van der Waals surface area contributed by atoms with E-state index < -0.39 is 0 Å². The van der Waals surface area contributed by atoms with E-state index in [1.54, 1.807) is 6.07 Å². The summed E-state index contributed by atoms with van der Waals surface area (Å²) in [6.07, 6.45) is 2.20. The van der Waals surface area contributed by atoms with E-state index >= 15 is 0 Å². The van der Waals surface area contributed by atoms with Gasteiger partial charge < -0.3 is 10.1 Å². The third-order valence-corrected chi connectivity index (χ3v) is 3.47. The van der Waals surface area contributed by atoms with Gasteiger partial charge in [0.1, 0.15) is 5.82 Å². The van der Waals surface area contributed by atoms with Crippen LogP contribution in [0.4, 0.5) is 4.39 Å². The summed E-state index contributed by atoms with van der Waals surface area (Å²) in [7, 11) is 0. The maximum absolute atomic E-state index is 13.0. The molecule has 1 fully saturated rings. The predicted molar refractivity (Wildman–Crippen MR) is 66.7 cm³/mol. The zero-order valence-electron chi connectivity index (χ0n) is 9.72. The van der Waals surface area contributed by atoms with E-state index in [9.17, 15) is 4.39 Å². The van der Waals surface area contributed by atoms with Crippen LogP contribution >= 0.6 is 11.6 Å². The van der Waals surface area contributed by atoms with Gasteiger partial charge in [0.05, 0.1) is 0 Å². The van der Waals surface area contributed by atoms with Gasteiger partial charge in [0.2, 0.25) is 0 Å². The Morgan fingerprint density at radius 3 is 2.88 bits per heavy atom. The fraction of sp³-hybridized carbons (Fsp3) is 0.538. The van der Waals surface area contributed by atoms with Gasteiger partial charge in [-0.2, -0.15) is 0 Å². The molecule has 0 aromatic heterocycles. The van der Waals surface area contributed by atoms with Crippen LogP contribution in [0.2, 0.25) is 5.02 Å². The molecule has 1 saturated heterocycles. The van der Waals surface area contributed by atoms with Crippen LogP contribution in [0.3, 0.4) is 0 Å².